The average molecular weight is 286 g/mol. The first-order chi connectivity index (χ1) is 9.88. The van der Waals surface area contributed by atoms with Gasteiger partial charge in [-0.1, -0.05) is 20.8 Å². The molecule has 1 aromatic carbocycles. The third kappa shape index (κ3) is 1.78. The normalized spacial score (nSPS) is 33.7. The number of aromatic amines is 1. The molecule has 21 heavy (non-hydrogen) atoms. The van der Waals surface area contributed by atoms with E-state index in [1.54, 1.807) is 0 Å². The lowest BCUT2D eigenvalue weighted by Gasteiger charge is -2.43. The largest absolute Gasteiger partial charge is 0.417 e. The lowest BCUT2D eigenvalue weighted by molar-refractivity contribution is 0.155. The van der Waals surface area contributed by atoms with Crippen molar-refractivity contribution in [1.82, 2.24) is 4.98 Å². The summed E-state index contributed by atoms with van der Waals surface area (Å²) in [6, 6.07) is 6.31. The Morgan fingerprint density at radius 1 is 1.33 bits per heavy atom. The summed E-state index contributed by atoms with van der Waals surface area (Å²) in [6.07, 6.45) is 3.99. The third-order valence-corrected chi connectivity index (χ3v) is 6.00. The summed E-state index contributed by atoms with van der Waals surface area (Å²) < 4.78 is 5.06. The minimum absolute atomic E-state index is 0.311. The molecular formula is C17H22N2O2. The Hall–Kier alpha value is -1.71. The van der Waals surface area contributed by atoms with Crippen molar-refractivity contribution in [3.8, 4) is 0 Å². The van der Waals surface area contributed by atoms with Crippen LogP contribution < -0.4 is 11.1 Å². The molecule has 2 N–H and O–H groups in total. The van der Waals surface area contributed by atoms with Crippen LogP contribution in [0, 0.1) is 16.7 Å². The highest BCUT2D eigenvalue weighted by molar-refractivity contribution is 5.77. The van der Waals surface area contributed by atoms with Crippen LogP contribution in [0.3, 0.4) is 0 Å². The Balaban J connectivity index is 1.69. The molecule has 4 rings (SSSR count). The predicted molar refractivity (Wildman–Crippen MR) is 83.5 cm³/mol. The Morgan fingerprint density at radius 3 is 2.86 bits per heavy atom. The number of hydrogen-bond donors (Lipinski definition) is 2. The first kappa shape index (κ1) is 13.0. The van der Waals surface area contributed by atoms with Crippen molar-refractivity contribution in [1.29, 1.82) is 0 Å². The number of H-pyrrole nitrogens is 1. The van der Waals surface area contributed by atoms with Crippen LogP contribution >= 0.6 is 0 Å². The zero-order valence-electron chi connectivity index (χ0n) is 12.8. The van der Waals surface area contributed by atoms with E-state index in [0.29, 0.717) is 22.5 Å². The fourth-order valence-electron chi connectivity index (χ4n) is 4.87. The molecule has 0 radical (unpaired) electrons. The summed E-state index contributed by atoms with van der Waals surface area (Å²) in [5.74, 6) is 0.423. The maximum Gasteiger partial charge on any atom is 0.417 e. The highest BCUT2D eigenvalue weighted by Gasteiger charge is 2.59. The molecule has 4 heteroatoms. The van der Waals surface area contributed by atoms with E-state index in [4.69, 9.17) is 4.42 Å². The number of nitrogens with one attached hydrogen (secondary N) is 2. The molecule has 2 fully saturated rings. The van der Waals surface area contributed by atoms with Crippen LogP contribution in [0.25, 0.3) is 11.1 Å². The van der Waals surface area contributed by atoms with E-state index in [0.717, 1.165) is 17.1 Å². The zero-order valence-corrected chi connectivity index (χ0v) is 12.8. The van der Waals surface area contributed by atoms with Gasteiger partial charge in [0.15, 0.2) is 5.58 Å². The molecule has 1 aromatic heterocycles. The highest BCUT2D eigenvalue weighted by atomic mass is 16.4. The van der Waals surface area contributed by atoms with E-state index in [1.807, 2.05) is 18.2 Å². The Labute approximate surface area is 123 Å². The summed E-state index contributed by atoms with van der Waals surface area (Å²) in [6.45, 7) is 7.19. The number of benzene rings is 1. The number of hydrogen-bond acceptors (Lipinski definition) is 3. The Morgan fingerprint density at radius 2 is 2.14 bits per heavy atom. The van der Waals surface area contributed by atoms with Gasteiger partial charge < -0.3 is 9.73 Å². The summed E-state index contributed by atoms with van der Waals surface area (Å²) in [5.41, 5.74) is 3.13. The van der Waals surface area contributed by atoms with Gasteiger partial charge in [0.05, 0.1) is 5.52 Å². The molecule has 2 aromatic rings. The lowest BCUT2D eigenvalue weighted by Crippen LogP contribution is -2.45. The number of fused-ring (bicyclic) bond motifs is 3. The van der Waals surface area contributed by atoms with Gasteiger partial charge >= 0.3 is 5.76 Å². The van der Waals surface area contributed by atoms with Gasteiger partial charge in [-0.15, -0.1) is 0 Å². The molecule has 2 aliphatic rings. The van der Waals surface area contributed by atoms with Crippen molar-refractivity contribution in [2.24, 2.45) is 16.7 Å². The Kier molecular flexibility index (Phi) is 2.43. The molecule has 0 spiro atoms. The van der Waals surface area contributed by atoms with E-state index in [2.05, 4.69) is 31.1 Å². The number of aromatic nitrogens is 1. The monoisotopic (exact) mass is 286 g/mol. The van der Waals surface area contributed by atoms with Crippen LogP contribution in [0.1, 0.15) is 40.0 Å². The maximum absolute atomic E-state index is 11.3. The molecule has 0 amide bonds. The number of anilines is 1. The van der Waals surface area contributed by atoms with Crippen molar-refractivity contribution < 1.29 is 4.42 Å². The predicted octanol–water partition coefficient (Wildman–Crippen LogP) is 3.75. The van der Waals surface area contributed by atoms with Gasteiger partial charge in [-0.25, -0.2) is 4.79 Å². The molecule has 1 heterocycles. The summed E-state index contributed by atoms with van der Waals surface area (Å²) in [7, 11) is 0. The molecule has 2 bridgehead atoms. The second-order valence-electron chi connectivity index (χ2n) is 7.72. The minimum atomic E-state index is -0.394. The van der Waals surface area contributed by atoms with Crippen LogP contribution in [-0.2, 0) is 0 Å². The van der Waals surface area contributed by atoms with Gasteiger partial charge in [-0.2, -0.15) is 0 Å². The second kappa shape index (κ2) is 3.93. The van der Waals surface area contributed by atoms with Crippen LogP contribution in [0.4, 0.5) is 5.69 Å². The lowest BCUT2D eigenvalue weighted by atomic mass is 9.68. The van der Waals surface area contributed by atoms with Crippen molar-refractivity contribution in [3.05, 3.63) is 28.7 Å². The van der Waals surface area contributed by atoms with E-state index < -0.39 is 5.76 Å². The van der Waals surface area contributed by atoms with Gasteiger partial charge in [-0.3, -0.25) is 4.98 Å². The number of rotatable bonds is 2. The fraction of sp³-hybridized carbons (Fsp3) is 0.588. The second-order valence-corrected chi connectivity index (χ2v) is 7.72. The zero-order chi connectivity index (χ0) is 14.8. The van der Waals surface area contributed by atoms with Gasteiger partial charge in [-0.05, 0) is 54.2 Å². The highest BCUT2D eigenvalue weighted by Crippen LogP contribution is 2.63. The van der Waals surface area contributed by atoms with Gasteiger partial charge in [0.25, 0.3) is 0 Å². The average Bonchev–Trinajstić information content (AvgIpc) is 3.02. The summed E-state index contributed by atoms with van der Waals surface area (Å²) in [4.78, 5) is 14.0. The van der Waals surface area contributed by atoms with Crippen molar-refractivity contribution >= 4 is 16.8 Å². The van der Waals surface area contributed by atoms with Gasteiger partial charge in [0.2, 0.25) is 0 Å². The molecule has 112 valence electrons. The Bertz CT molecular complexity index is 753. The quantitative estimate of drug-likeness (QED) is 0.884. The van der Waals surface area contributed by atoms with Crippen molar-refractivity contribution in [2.75, 3.05) is 5.32 Å². The summed E-state index contributed by atoms with van der Waals surface area (Å²) >= 11 is 0. The maximum atomic E-state index is 11.3. The molecule has 3 unspecified atom stereocenters. The SMILES string of the molecule is CC12CCC(C1)C(C)(C)C2Nc1ccc2oc(=O)[nH]c2c1. The van der Waals surface area contributed by atoms with Crippen LogP contribution in [-0.4, -0.2) is 11.0 Å². The molecular weight excluding hydrogens is 264 g/mol. The molecule has 0 aliphatic heterocycles. The van der Waals surface area contributed by atoms with E-state index >= 15 is 0 Å². The van der Waals surface area contributed by atoms with Crippen molar-refractivity contribution in [3.63, 3.8) is 0 Å². The molecule has 4 nitrogen and oxygen atoms in total. The number of oxazole rings is 1. The van der Waals surface area contributed by atoms with Crippen LogP contribution in [0.15, 0.2) is 27.4 Å². The third-order valence-electron chi connectivity index (χ3n) is 6.00. The smallest absolute Gasteiger partial charge is 0.408 e. The molecule has 2 aliphatic carbocycles. The molecule has 3 atom stereocenters. The van der Waals surface area contributed by atoms with Crippen LogP contribution in [0.2, 0.25) is 0 Å². The van der Waals surface area contributed by atoms with Crippen LogP contribution in [0.5, 0.6) is 0 Å². The minimum Gasteiger partial charge on any atom is -0.408 e. The standard InChI is InChI=1S/C17H22N2O2/c1-16(2)10-6-7-17(3,9-10)14(16)18-11-4-5-13-12(8-11)19-15(20)21-13/h4-5,8,10,14,18H,6-7,9H2,1-3H3,(H,19,20). The first-order valence-corrected chi connectivity index (χ1v) is 7.78. The molecule has 0 saturated heterocycles. The van der Waals surface area contributed by atoms with E-state index in [9.17, 15) is 4.79 Å². The van der Waals surface area contributed by atoms with E-state index in [1.165, 1.54) is 19.3 Å². The fourth-order valence-corrected chi connectivity index (χ4v) is 4.87. The summed E-state index contributed by atoms with van der Waals surface area (Å²) in [5, 5.41) is 3.74. The van der Waals surface area contributed by atoms with Gasteiger partial charge in [0, 0.05) is 11.7 Å². The van der Waals surface area contributed by atoms with Gasteiger partial charge in [0.1, 0.15) is 0 Å². The molecule has 2 saturated carbocycles. The first-order valence-electron chi connectivity index (χ1n) is 7.78. The topological polar surface area (TPSA) is 58.0 Å². The van der Waals surface area contributed by atoms with E-state index in [-0.39, 0.29) is 0 Å². The van der Waals surface area contributed by atoms with Crippen molar-refractivity contribution in [2.45, 2.75) is 46.1 Å².